The van der Waals surface area contributed by atoms with Crippen LogP contribution in [-0.4, -0.2) is 31.0 Å². The lowest BCUT2D eigenvalue weighted by Gasteiger charge is -2.40. The minimum absolute atomic E-state index is 0.162. The Hall–Kier alpha value is -0.120. The maximum absolute atomic E-state index is 10.3. The molecular weight excluding hydrogens is 202 g/mol. The van der Waals surface area contributed by atoms with E-state index in [4.69, 9.17) is 10.5 Å². The second kappa shape index (κ2) is 7.25. The predicted octanol–water partition coefficient (Wildman–Crippen LogP) is 2.07. The van der Waals surface area contributed by atoms with E-state index in [9.17, 15) is 5.11 Å². The van der Waals surface area contributed by atoms with Crippen molar-refractivity contribution < 1.29 is 9.84 Å². The standard InChI is InChI=1S/C13H27NO2/c1-2-3-4-5-7-12(15)13(10-14)8-6-9-16-11-13/h12,15H,2-11,14H2,1H3. The molecule has 1 fully saturated rings. The Kier molecular flexibility index (Phi) is 6.32. The van der Waals surface area contributed by atoms with Crippen molar-refractivity contribution in [2.24, 2.45) is 11.1 Å². The zero-order valence-corrected chi connectivity index (χ0v) is 10.6. The van der Waals surface area contributed by atoms with E-state index in [0.717, 1.165) is 32.3 Å². The van der Waals surface area contributed by atoms with Crippen LogP contribution in [0.2, 0.25) is 0 Å². The molecule has 3 heteroatoms. The van der Waals surface area contributed by atoms with Crippen molar-refractivity contribution in [2.75, 3.05) is 19.8 Å². The summed E-state index contributed by atoms with van der Waals surface area (Å²) in [6, 6.07) is 0. The van der Waals surface area contributed by atoms with E-state index >= 15 is 0 Å². The molecule has 1 rings (SSSR count). The van der Waals surface area contributed by atoms with Gasteiger partial charge < -0.3 is 15.6 Å². The van der Waals surface area contributed by atoms with Gasteiger partial charge in [-0.2, -0.15) is 0 Å². The molecule has 1 heterocycles. The fourth-order valence-electron chi connectivity index (χ4n) is 2.50. The van der Waals surface area contributed by atoms with Crippen LogP contribution in [0.25, 0.3) is 0 Å². The first-order valence-corrected chi connectivity index (χ1v) is 6.71. The molecule has 0 amide bonds. The molecule has 0 aliphatic carbocycles. The van der Waals surface area contributed by atoms with E-state index < -0.39 is 0 Å². The van der Waals surface area contributed by atoms with Gasteiger partial charge in [0.2, 0.25) is 0 Å². The second-order valence-electron chi connectivity index (χ2n) is 5.09. The van der Waals surface area contributed by atoms with Crippen LogP contribution >= 0.6 is 0 Å². The summed E-state index contributed by atoms with van der Waals surface area (Å²) in [5.41, 5.74) is 5.67. The Morgan fingerprint density at radius 3 is 2.75 bits per heavy atom. The van der Waals surface area contributed by atoms with Gasteiger partial charge in [0.25, 0.3) is 0 Å². The van der Waals surface area contributed by atoms with Crippen molar-refractivity contribution in [1.82, 2.24) is 0 Å². The van der Waals surface area contributed by atoms with Crippen molar-refractivity contribution in [1.29, 1.82) is 0 Å². The van der Waals surface area contributed by atoms with Gasteiger partial charge in [-0.1, -0.05) is 32.6 Å². The smallest absolute Gasteiger partial charge is 0.0630 e. The third-order valence-corrected chi connectivity index (χ3v) is 3.80. The average Bonchev–Trinajstić information content (AvgIpc) is 2.35. The Balaban J connectivity index is 2.33. The van der Waals surface area contributed by atoms with E-state index in [1.807, 2.05) is 0 Å². The van der Waals surface area contributed by atoms with Gasteiger partial charge >= 0.3 is 0 Å². The monoisotopic (exact) mass is 229 g/mol. The summed E-state index contributed by atoms with van der Waals surface area (Å²) in [4.78, 5) is 0. The molecule has 0 radical (unpaired) electrons. The summed E-state index contributed by atoms with van der Waals surface area (Å²) in [7, 11) is 0. The van der Waals surface area contributed by atoms with E-state index in [1.165, 1.54) is 19.3 Å². The topological polar surface area (TPSA) is 55.5 Å². The molecule has 0 saturated carbocycles. The van der Waals surface area contributed by atoms with Crippen LogP contribution < -0.4 is 5.73 Å². The molecule has 0 aromatic rings. The number of aliphatic hydroxyl groups excluding tert-OH is 1. The molecule has 1 saturated heterocycles. The summed E-state index contributed by atoms with van der Waals surface area (Å²) >= 11 is 0. The van der Waals surface area contributed by atoms with E-state index in [-0.39, 0.29) is 11.5 Å². The fraction of sp³-hybridized carbons (Fsp3) is 1.00. The third-order valence-electron chi connectivity index (χ3n) is 3.80. The Morgan fingerprint density at radius 1 is 1.38 bits per heavy atom. The van der Waals surface area contributed by atoms with Crippen molar-refractivity contribution in [3.05, 3.63) is 0 Å². The van der Waals surface area contributed by atoms with Crippen LogP contribution in [0.5, 0.6) is 0 Å². The first-order valence-electron chi connectivity index (χ1n) is 6.71. The number of unbranched alkanes of at least 4 members (excludes halogenated alkanes) is 3. The lowest BCUT2D eigenvalue weighted by atomic mass is 9.75. The Morgan fingerprint density at radius 2 is 2.19 bits per heavy atom. The summed E-state index contributed by atoms with van der Waals surface area (Å²) in [5, 5.41) is 10.3. The zero-order chi connectivity index (χ0) is 11.9. The molecule has 16 heavy (non-hydrogen) atoms. The maximum atomic E-state index is 10.3. The normalized spacial score (nSPS) is 27.9. The highest BCUT2D eigenvalue weighted by molar-refractivity contribution is 4.89. The van der Waals surface area contributed by atoms with E-state index in [1.54, 1.807) is 0 Å². The summed E-state index contributed by atoms with van der Waals surface area (Å²) < 4.78 is 5.48. The van der Waals surface area contributed by atoms with Crippen LogP contribution in [0.3, 0.4) is 0 Å². The zero-order valence-electron chi connectivity index (χ0n) is 10.6. The maximum Gasteiger partial charge on any atom is 0.0630 e. The van der Waals surface area contributed by atoms with Gasteiger partial charge in [0.05, 0.1) is 12.7 Å². The average molecular weight is 229 g/mol. The highest BCUT2D eigenvalue weighted by atomic mass is 16.5. The van der Waals surface area contributed by atoms with Crippen molar-refractivity contribution in [3.63, 3.8) is 0 Å². The lowest BCUT2D eigenvalue weighted by molar-refractivity contribution is -0.0794. The van der Waals surface area contributed by atoms with Gasteiger partial charge in [0, 0.05) is 18.6 Å². The molecule has 3 N–H and O–H groups in total. The number of nitrogens with two attached hydrogens (primary N) is 1. The minimum atomic E-state index is -0.283. The van der Waals surface area contributed by atoms with Gasteiger partial charge in [-0.15, -0.1) is 0 Å². The number of hydrogen-bond acceptors (Lipinski definition) is 3. The fourth-order valence-corrected chi connectivity index (χ4v) is 2.50. The summed E-state index contributed by atoms with van der Waals surface area (Å²) in [5.74, 6) is 0. The molecule has 2 atom stereocenters. The van der Waals surface area contributed by atoms with Gasteiger partial charge in [0.1, 0.15) is 0 Å². The number of aliphatic hydroxyl groups is 1. The van der Waals surface area contributed by atoms with Crippen LogP contribution in [-0.2, 0) is 4.74 Å². The SMILES string of the molecule is CCCCCCC(O)C1(CN)CCCOC1. The number of rotatable bonds is 7. The highest BCUT2D eigenvalue weighted by Crippen LogP contribution is 2.33. The van der Waals surface area contributed by atoms with Crippen molar-refractivity contribution >= 4 is 0 Å². The molecule has 0 spiro atoms. The molecular formula is C13H27NO2. The molecule has 96 valence electrons. The Bertz CT molecular complexity index is 179. The van der Waals surface area contributed by atoms with E-state index in [2.05, 4.69) is 6.92 Å². The number of hydrogen-bond donors (Lipinski definition) is 2. The second-order valence-corrected chi connectivity index (χ2v) is 5.09. The van der Waals surface area contributed by atoms with Crippen LogP contribution in [0.15, 0.2) is 0 Å². The van der Waals surface area contributed by atoms with Gasteiger partial charge in [-0.05, 0) is 19.3 Å². The van der Waals surface area contributed by atoms with Crippen molar-refractivity contribution in [2.45, 2.75) is 58.0 Å². The highest BCUT2D eigenvalue weighted by Gasteiger charge is 2.38. The van der Waals surface area contributed by atoms with Crippen LogP contribution in [0.4, 0.5) is 0 Å². The van der Waals surface area contributed by atoms with Gasteiger partial charge in [0.15, 0.2) is 0 Å². The van der Waals surface area contributed by atoms with E-state index in [0.29, 0.717) is 13.2 Å². The molecule has 1 aliphatic rings. The molecule has 0 aromatic carbocycles. The number of ether oxygens (including phenoxy) is 1. The molecule has 3 nitrogen and oxygen atoms in total. The third kappa shape index (κ3) is 3.72. The van der Waals surface area contributed by atoms with Crippen molar-refractivity contribution in [3.8, 4) is 0 Å². The summed E-state index contributed by atoms with van der Waals surface area (Å²) in [6.45, 7) is 4.21. The van der Waals surface area contributed by atoms with Crippen LogP contribution in [0, 0.1) is 5.41 Å². The predicted molar refractivity (Wildman–Crippen MR) is 66.3 cm³/mol. The first kappa shape index (κ1) is 13.9. The van der Waals surface area contributed by atoms with Gasteiger partial charge in [-0.25, -0.2) is 0 Å². The first-order chi connectivity index (χ1) is 7.75. The Labute approximate surface area is 99.4 Å². The molecule has 0 aromatic heterocycles. The quantitative estimate of drug-likeness (QED) is 0.657. The largest absolute Gasteiger partial charge is 0.392 e. The molecule has 1 aliphatic heterocycles. The minimum Gasteiger partial charge on any atom is -0.392 e. The van der Waals surface area contributed by atoms with Crippen LogP contribution in [0.1, 0.15) is 51.9 Å². The molecule has 2 unspecified atom stereocenters. The molecule has 0 bridgehead atoms. The summed E-state index contributed by atoms with van der Waals surface area (Å²) in [6.07, 6.45) is 7.46. The van der Waals surface area contributed by atoms with Gasteiger partial charge in [-0.3, -0.25) is 0 Å². The lowest BCUT2D eigenvalue weighted by Crippen LogP contribution is -2.47.